The second kappa shape index (κ2) is 4.81. The molecule has 1 saturated carbocycles. The van der Waals surface area contributed by atoms with Crippen LogP contribution in [0, 0.1) is 5.92 Å². The number of aliphatic hydroxyl groups excluding tert-OH is 1. The van der Waals surface area contributed by atoms with Crippen molar-refractivity contribution in [2.24, 2.45) is 5.92 Å². The number of rotatable bonds is 3. The smallest absolute Gasteiger partial charge is 0.0696 e. The molecule has 0 radical (unpaired) electrons. The van der Waals surface area contributed by atoms with Crippen molar-refractivity contribution in [3.63, 3.8) is 0 Å². The molecule has 2 fully saturated rings. The lowest BCUT2D eigenvalue weighted by atomic mass is 9.87. The van der Waals surface area contributed by atoms with Crippen molar-refractivity contribution in [2.45, 2.75) is 38.8 Å². The lowest BCUT2D eigenvalue weighted by Gasteiger charge is -2.45. The van der Waals surface area contributed by atoms with E-state index in [1.807, 2.05) is 0 Å². The molecule has 0 amide bonds. The Kier molecular flexibility index (Phi) is 3.65. The van der Waals surface area contributed by atoms with Crippen LogP contribution in [0.5, 0.6) is 0 Å². The largest absolute Gasteiger partial charge is 0.391 e. The number of nitrogens with zero attached hydrogens (tertiary/aromatic N) is 2. The Morgan fingerprint density at radius 1 is 1.13 bits per heavy atom. The average molecular weight is 212 g/mol. The van der Waals surface area contributed by atoms with Crippen molar-refractivity contribution in [2.75, 3.05) is 32.7 Å². The number of hydrogen-bond donors (Lipinski definition) is 1. The van der Waals surface area contributed by atoms with Crippen LogP contribution in [0.4, 0.5) is 0 Å². The molecule has 2 atom stereocenters. The molecule has 0 spiro atoms. The van der Waals surface area contributed by atoms with Crippen LogP contribution >= 0.6 is 0 Å². The van der Waals surface area contributed by atoms with Crippen molar-refractivity contribution >= 4 is 0 Å². The summed E-state index contributed by atoms with van der Waals surface area (Å²) in [6.45, 7) is 10.4. The summed E-state index contributed by atoms with van der Waals surface area (Å²) >= 11 is 0. The van der Waals surface area contributed by atoms with Crippen LogP contribution in [0.15, 0.2) is 0 Å². The third-order valence-corrected chi connectivity index (χ3v) is 3.70. The molecule has 0 aromatic rings. The van der Waals surface area contributed by atoms with E-state index in [0.29, 0.717) is 6.04 Å². The summed E-state index contributed by atoms with van der Waals surface area (Å²) in [5.41, 5.74) is 0. The maximum absolute atomic E-state index is 9.62. The fourth-order valence-corrected chi connectivity index (χ4v) is 2.68. The zero-order chi connectivity index (χ0) is 10.8. The first-order valence-electron chi connectivity index (χ1n) is 6.31. The zero-order valence-electron chi connectivity index (χ0n) is 10.0. The molecule has 15 heavy (non-hydrogen) atoms. The molecule has 1 saturated heterocycles. The van der Waals surface area contributed by atoms with Crippen LogP contribution in [0.25, 0.3) is 0 Å². The molecule has 1 aliphatic carbocycles. The van der Waals surface area contributed by atoms with Crippen molar-refractivity contribution in [1.29, 1.82) is 0 Å². The van der Waals surface area contributed by atoms with E-state index in [-0.39, 0.29) is 6.10 Å². The van der Waals surface area contributed by atoms with Crippen molar-refractivity contribution in [1.82, 2.24) is 9.80 Å². The Bertz CT molecular complexity index is 200. The molecular weight excluding hydrogens is 188 g/mol. The van der Waals surface area contributed by atoms with E-state index < -0.39 is 0 Å². The van der Waals surface area contributed by atoms with Gasteiger partial charge in [0.05, 0.1) is 6.10 Å². The van der Waals surface area contributed by atoms with Gasteiger partial charge in [0.2, 0.25) is 0 Å². The van der Waals surface area contributed by atoms with Gasteiger partial charge in [-0.1, -0.05) is 13.8 Å². The molecule has 1 aliphatic heterocycles. The zero-order valence-corrected chi connectivity index (χ0v) is 10.0. The van der Waals surface area contributed by atoms with Gasteiger partial charge in [-0.3, -0.25) is 4.90 Å². The maximum Gasteiger partial charge on any atom is 0.0696 e. The first-order valence-corrected chi connectivity index (χ1v) is 6.31. The lowest BCUT2D eigenvalue weighted by molar-refractivity contribution is -0.0398. The van der Waals surface area contributed by atoms with Crippen LogP contribution in [0.1, 0.15) is 26.7 Å². The third kappa shape index (κ3) is 2.71. The maximum atomic E-state index is 9.62. The molecule has 1 N–H and O–H groups in total. The van der Waals surface area contributed by atoms with Crippen LogP contribution in [0.2, 0.25) is 0 Å². The van der Waals surface area contributed by atoms with Gasteiger partial charge in [-0.05, 0) is 18.8 Å². The Hall–Kier alpha value is -0.120. The Labute approximate surface area is 93.1 Å². The molecule has 0 bridgehead atoms. The molecule has 0 aromatic carbocycles. The highest BCUT2D eigenvalue weighted by Crippen LogP contribution is 2.26. The van der Waals surface area contributed by atoms with Gasteiger partial charge in [-0.15, -0.1) is 0 Å². The molecule has 3 heteroatoms. The molecule has 88 valence electrons. The highest BCUT2D eigenvalue weighted by Gasteiger charge is 2.35. The minimum Gasteiger partial charge on any atom is -0.391 e. The van der Waals surface area contributed by atoms with Gasteiger partial charge in [-0.2, -0.15) is 0 Å². The van der Waals surface area contributed by atoms with Gasteiger partial charge in [0.1, 0.15) is 0 Å². The normalized spacial score (nSPS) is 34.4. The average Bonchev–Trinajstić information content (AvgIpc) is 2.18. The molecule has 3 nitrogen and oxygen atoms in total. The fourth-order valence-electron chi connectivity index (χ4n) is 2.68. The van der Waals surface area contributed by atoms with E-state index in [9.17, 15) is 5.11 Å². The summed E-state index contributed by atoms with van der Waals surface area (Å²) in [4.78, 5) is 5.03. The van der Waals surface area contributed by atoms with Crippen LogP contribution in [0.3, 0.4) is 0 Å². The molecule has 2 aliphatic rings. The predicted octanol–water partition coefficient (Wildman–Crippen LogP) is 0.783. The van der Waals surface area contributed by atoms with Crippen molar-refractivity contribution < 1.29 is 5.11 Å². The van der Waals surface area contributed by atoms with Gasteiger partial charge in [0, 0.05) is 38.8 Å². The number of piperazine rings is 1. The second-order valence-corrected chi connectivity index (χ2v) is 5.44. The Morgan fingerprint density at radius 2 is 1.80 bits per heavy atom. The van der Waals surface area contributed by atoms with E-state index in [1.54, 1.807) is 0 Å². The summed E-state index contributed by atoms with van der Waals surface area (Å²) in [5, 5.41) is 9.62. The third-order valence-electron chi connectivity index (χ3n) is 3.70. The van der Waals surface area contributed by atoms with Gasteiger partial charge in [-0.25, -0.2) is 0 Å². The topological polar surface area (TPSA) is 26.7 Å². The summed E-state index contributed by atoms with van der Waals surface area (Å²) in [5.74, 6) is 0.769. The van der Waals surface area contributed by atoms with E-state index in [0.717, 1.165) is 25.4 Å². The summed E-state index contributed by atoms with van der Waals surface area (Å²) in [6, 6.07) is 0.478. The lowest BCUT2D eigenvalue weighted by Crippen LogP contribution is -2.57. The second-order valence-electron chi connectivity index (χ2n) is 5.44. The van der Waals surface area contributed by atoms with Crippen LogP contribution < -0.4 is 0 Å². The first kappa shape index (κ1) is 11.4. The SMILES string of the molecule is CC(C)CN1CCN(C2CCC2O)CC1. The van der Waals surface area contributed by atoms with E-state index in [4.69, 9.17) is 0 Å². The van der Waals surface area contributed by atoms with Gasteiger partial charge < -0.3 is 10.0 Å². The van der Waals surface area contributed by atoms with E-state index in [2.05, 4.69) is 23.6 Å². The molecule has 2 rings (SSSR count). The fraction of sp³-hybridized carbons (Fsp3) is 1.00. The molecule has 0 aromatic heterocycles. The van der Waals surface area contributed by atoms with E-state index in [1.165, 1.54) is 26.1 Å². The first-order chi connectivity index (χ1) is 7.16. The Balaban J connectivity index is 1.72. The minimum atomic E-state index is -0.0401. The quantitative estimate of drug-likeness (QED) is 0.749. The van der Waals surface area contributed by atoms with Gasteiger partial charge >= 0.3 is 0 Å². The van der Waals surface area contributed by atoms with Gasteiger partial charge in [0.15, 0.2) is 0 Å². The van der Waals surface area contributed by atoms with Crippen molar-refractivity contribution in [3.8, 4) is 0 Å². The highest BCUT2D eigenvalue weighted by atomic mass is 16.3. The molecule has 1 heterocycles. The van der Waals surface area contributed by atoms with Crippen LogP contribution in [-0.4, -0.2) is 59.8 Å². The highest BCUT2D eigenvalue weighted by molar-refractivity contribution is 4.90. The number of hydrogen-bond acceptors (Lipinski definition) is 3. The van der Waals surface area contributed by atoms with Crippen LogP contribution in [-0.2, 0) is 0 Å². The Morgan fingerprint density at radius 3 is 2.20 bits per heavy atom. The summed E-state index contributed by atoms with van der Waals surface area (Å²) in [7, 11) is 0. The van der Waals surface area contributed by atoms with E-state index >= 15 is 0 Å². The minimum absolute atomic E-state index is 0.0401. The molecular formula is C12H24N2O. The molecule has 2 unspecified atom stereocenters. The number of aliphatic hydroxyl groups is 1. The van der Waals surface area contributed by atoms with Crippen molar-refractivity contribution in [3.05, 3.63) is 0 Å². The van der Waals surface area contributed by atoms with Gasteiger partial charge in [0.25, 0.3) is 0 Å². The standard InChI is InChI=1S/C12H24N2O/c1-10(2)9-13-5-7-14(8-6-13)11-3-4-12(11)15/h10-12,15H,3-9H2,1-2H3. The summed E-state index contributed by atoms with van der Waals surface area (Å²) in [6.07, 6.45) is 2.17. The monoisotopic (exact) mass is 212 g/mol. The summed E-state index contributed by atoms with van der Waals surface area (Å²) < 4.78 is 0. The predicted molar refractivity (Wildman–Crippen MR) is 61.9 cm³/mol.